The number of nitrogens with one attached hydrogen (secondary N) is 1. The van der Waals surface area contributed by atoms with E-state index in [1.54, 1.807) is 13.1 Å². The molecule has 1 aliphatic heterocycles. The maximum absolute atomic E-state index is 12.7. The van der Waals surface area contributed by atoms with E-state index in [-0.39, 0.29) is 23.8 Å². The molecule has 0 aromatic carbocycles. The molecule has 9 nitrogen and oxygen atoms in total. The zero-order chi connectivity index (χ0) is 18.3. The van der Waals surface area contributed by atoms with Crippen LogP contribution in [0.4, 0.5) is 0 Å². The molecule has 1 N–H and O–H groups in total. The lowest BCUT2D eigenvalue weighted by atomic mass is 9.97. The number of imidazole rings is 1. The van der Waals surface area contributed by atoms with Crippen molar-refractivity contribution >= 4 is 11.7 Å². The van der Waals surface area contributed by atoms with Crippen molar-refractivity contribution in [3.05, 3.63) is 46.2 Å². The predicted octanol–water partition coefficient (Wildman–Crippen LogP) is 0.408. The third-order valence-corrected chi connectivity index (χ3v) is 4.82. The van der Waals surface area contributed by atoms with E-state index in [0.717, 1.165) is 25.2 Å². The lowest BCUT2D eigenvalue weighted by Crippen LogP contribution is -2.40. The summed E-state index contributed by atoms with van der Waals surface area (Å²) in [5.74, 6) is 1.99. The van der Waals surface area contributed by atoms with Crippen LogP contribution in [0.5, 0.6) is 0 Å². The highest BCUT2D eigenvalue weighted by Gasteiger charge is 2.27. The summed E-state index contributed by atoms with van der Waals surface area (Å²) in [5, 5.41) is 2.88. The van der Waals surface area contributed by atoms with Crippen LogP contribution in [0.25, 0.3) is 5.78 Å². The Morgan fingerprint density at radius 3 is 3.00 bits per heavy atom. The summed E-state index contributed by atoms with van der Waals surface area (Å²) in [6.45, 7) is 3.13. The third-order valence-electron chi connectivity index (χ3n) is 4.82. The fourth-order valence-corrected chi connectivity index (χ4v) is 3.56. The number of carbonyl (C=O) groups is 1. The second kappa shape index (κ2) is 6.40. The van der Waals surface area contributed by atoms with Crippen LogP contribution in [0.2, 0.25) is 0 Å². The SMILES string of the molecule is Cc1cc(=O)n2[nH]c(CC(=O)N3CCC[C@H](c4nccn4C)C3)nc2n1. The van der Waals surface area contributed by atoms with E-state index in [9.17, 15) is 9.59 Å². The quantitative estimate of drug-likeness (QED) is 0.733. The number of nitrogens with zero attached hydrogens (tertiary/aromatic N) is 6. The molecule has 0 saturated carbocycles. The Hall–Kier alpha value is -2.97. The van der Waals surface area contributed by atoms with Gasteiger partial charge < -0.3 is 9.47 Å². The van der Waals surface area contributed by atoms with Gasteiger partial charge in [-0.1, -0.05) is 0 Å². The van der Waals surface area contributed by atoms with Crippen molar-refractivity contribution in [1.29, 1.82) is 0 Å². The molecule has 26 heavy (non-hydrogen) atoms. The Balaban J connectivity index is 1.50. The number of amides is 1. The largest absolute Gasteiger partial charge is 0.342 e. The van der Waals surface area contributed by atoms with Crippen LogP contribution in [-0.4, -0.2) is 53.0 Å². The summed E-state index contributed by atoms with van der Waals surface area (Å²) in [7, 11) is 1.98. The first kappa shape index (κ1) is 16.5. The molecule has 0 spiro atoms. The molecule has 1 aliphatic rings. The lowest BCUT2D eigenvalue weighted by molar-refractivity contribution is -0.131. The first-order valence-corrected chi connectivity index (χ1v) is 8.71. The molecule has 0 radical (unpaired) electrons. The van der Waals surface area contributed by atoms with Crippen LogP contribution in [0, 0.1) is 6.92 Å². The molecule has 1 amide bonds. The number of aromatic amines is 1. The van der Waals surface area contributed by atoms with Crippen molar-refractivity contribution in [3.63, 3.8) is 0 Å². The Kier molecular flexibility index (Phi) is 4.06. The summed E-state index contributed by atoms with van der Waals surface area (Å²) < 4.78 is 3.28. The number of piperidine rings is 1. The van der Waals surface area contributed by atoms with Crippen LogP contribution >= 0.6 is 0 Å². The van der Waals surface area contributed by atoms with E-state index in [1.807, 2.05) is 22.7 Å². The third kappa shape index (κ3) is 3.00. The number of likely N-dealkylation sites (tertiary alicyclic amines) is 1. The smallest absolute Gasteiger partial charge is 0.274 e. The Morgan fingerprint density at radius 2 is 2.23 bits per heavy atom. The van der Waals surface area contributed by atoms with Crippen molar-refractivity contribution in [1.82, 2.24) is 34.0 Å². The first-order chi connectivity index (χ1) is 12.5. The fraction of sp³-hybridized carbons (Fsp3) is 0.471. The number of rotatable bonds is 3. The van der Waals surface area contributed by atoms with Crippen LogP contribution in [-0.2, 0) is 18.3 Å². The van der Waals surface area contributed by atoms with Gasteiger partial charge in [0.2, 0.25) is 5.91 Å². The number of hydrogen-bond acceptors (Lipinski definition) is 5. The topological polar surface area (TPSA) is 101 Å². The van der Waals surface area contributed by atoms with E-state index >= 15 is 0 Å². The van der Waals surface area contributed by atoms with Gasteiger partial charge in [-0.3, -0.25) is 14.7 Å². The molecule has 4 heterocycles. The molecule has 3 aromatic rings. The van der Waals surface area contributed by atoms with Crippen molar-refractivity contribution in [2.24, 2.45) is 7.05 Å². The van der Waals surface area contributed by atoms with Gasteiger partial charge >= 0.3 is 0 Å². The zero-order valence-electron chi connectivity index (χ0n) is 14.8. The van der Waals surface area contributed by atoms with Gasteiger partial charge in [-0.25, -0.2) is 9.97 Å². The van der Waals surface area contributed by atoms with Crippen LogP contribution in [0.3, 0.4) is 0 Å². The Labute approximate surface area is 149 Å². The molecule has 136 valence electrons. The number of H-pyrrole nitrogens is 1. The Morgan fingerprint density at radius 1 is 1.38 bits per heavy atom. The predicted molar refractivity (Wildman–Crippen MR) is 93.8 cm³/mol. The molecule has 1 atom stereocenters. The van der Waals surface area contributed by atoms with Crippen molar-refractivity contribution < 1.29 is 4.79 Å². The van der Waals surface area contributed by atoms with E-state index < -0.39 is 0 Å². The first-order valence-electron chi connectivity index (χ1n) is 8.71. The normalized spacial score (nSPS) is 17.8. The number of hydrogen-bond donors (Lipinski definition) is 1. The molecule has 3 aromatic heterocycles. The molecule has 1 saturated heterocycles. The maximum atomic E-state index is 12.7. The average molecular weight is 355 g/mol. The van der Waals surface area contributed by atoms with Gasteiger partial charge in [0.15, 0.2) is 0 Å². The second-order valence-electron chi connectivity index (χ2n) is 6.79. The fourth-order valence-electron chi connectivity index (χ4n) is 3.56. The molecular weight excluding hydrogens is 334 g/mol. The summed E-state index contributed by atoms with van der Waals surface area (Å²) in [5.41, 5.74) is 0.375. The molecule has 0 bridgehead atoms. The maximum Gasteiger partial charge on any atom is 0.274 e. The second-order valence-corrected chi connectivity index (χ2v) is 6.79. The molecule has 1 fully saturated rings. The lowest BCUT2D eigenvalue weighted by Gasteiger charge is -2.32. The summed E-state index contributed by atoms with van der Waals surface area (Å²) in [6.07, 6.45) is 5.81. The molecule has 9 heteroatoms. The van der Waals surface area contributed by atoms with Crippen molar-refractivity contribution in [2.75, 3.05) is 13.1 Å². The molecular formula is C17H21N7O2. The monoisotopic (exact) mass is 355 g/mol. The van der Waals surface area contributed by atoms with Gasteiger partial charge in [0.05, 0.1) is 6.42 Å². The van der Waals surface area contributed by atoms with Crippen molar-refractivity contribution in [2.45, 2.75) is 32.1 Å². The molecule has 0 aliphatic carbocycles. The van der Waals surface area contributed by atoms with Gasteiger partial charge in [-0.2, -0.15) is 9.50 Å². The van der Waals surface area contributed by atoms with E-state index in [1.165, 1.54) is 10.6 Å². The minimum Gasteiger partial charge on any atom is -0.342 e. The van der Waals surface area contributed by atoms with Gasteiger partial charge in [-0.15, -0.1) is 0 Å². The van der Waals surface area contributed by atoms with Crippen LogP contribution < -0.4 is 5.56 Å². The van der Waals surface area contributed by atoms with Crippen molar-refractivity contribution in [3.8, 4) is 0 Å². The Bertz CT molecular complexity index is 1020. The minimum atomic E-state index is -0.230. The minimum absolute atomic E-state index is 0.00673. The van der Waals surface area contributed by atoms with E-state index in [0.29, 0.717) is 23.8 Å². The highest BCUT2D eigenvalue weighted by Crippen LogP contribution is 2.25. The van der Waals surface area contributed by atoms with E-state index in [4.69, 9.17) is 0 Å². The van der Waals surface area contributed by atoms with E-state index in [2.05, 4.69) is 20.1 Å². The standard InChI is InChI=1S/C17H21N7O2/c1-11-8-15(26)24-17(19-11)20-13(21-24)9-14(25)23-6-3-4-12(10-23)16-18-5-7-22(16)2/h5,7-8,12H,3-4,6,9-10H2,1-2H3,(H,19,20,21)/t12-/m0/s1. The number of fused-ring (bicyclic) bond motifs is 1. The number of aryl methyl sites for hydroxylation is 2. The summed E-state index contributed by atoms with van der Waals surface area (Å²) in [4.78, 5) is 39.5. The zero-order valence-corrected chi connectivity index (χ0v) is 14.8. The number of carbonyl (C=O) groups excluding carboxylic acids is 1. The molecule has 0 unspecified atom stereocenters. The summed E-state index contributed by atoms with van der Waals surface area (Å²) >= 11 is 0. The van der Waals surface area contributed by atoms with Crippen LogP contribution in [0.1, 0.15) is 36.1 Å². The molecule has 4 rings (SSSR count). The highest BCUT2D eigenvalue weighted by atomic mass is 16.2. The van der Waals surface area contributed by atoms with Crippen LogP contribution in [0.15, 0.2) is 23.3 Å². The highest BCUT2D eigenvalue weighted by molar-refractivity contribution is 5.78. The average Bonchev–Trinajstić information content (AvgIpc) is 3.21. The van der Waals surface area contributed by atoms with Gasteiger partial charge in [0.25, 0.3) is 11.3 Å². The van der Waals surface area contributed by atoms with Gasteiger partial charge in [0, 0.05) is 50.2 Å². The summed E-state index contributed by atoms with van der Waals surface area (Å²) in [6, 6.07) is 1.43. The van der Waals surface area contributed by atoms with Gasteiger partial charge in [0.1, 0.15) is 11.6 Å². The van der Waals surface area contributed by atoms with Gasteiger partial charge in [-0.05, 0) is 19.8 Å². The number of aromatic nitrogens is 6.